The molecule has 2 nitrogen and oxygen atoms in total. The van der Waals surface area contributed by atoms with Crippen LogP contribution in [0.4, 0.5) is 4.39 Å². The lowest BCUT2D eigenvalue weighted by molar-refractivity contribution is 0.414. The summed E-state index contributed by atoms with van der Waals surface area (Å²) in [5.41, 5.74) is 8.93. The van der Waals surface area contributed by atoms with E-state index in [9.17, 15) is 4.39 Å². The lowest BCUT2D eigenvalue weighted by Crippen LogP contribution is -2.14. The molecule has 0 aliphatic rings. The topological polar surface area (TPSA) is 35.2 Å². The van der Waals surface area contributed by atoms with Crippen LogP contribution in [-0.4, -0.2) is 7.11 Å². The molecule has 0 saturated heterocycles. The third kappa shape index (κ3) is 2.96. The summed E-state index contributed by atoms with van der Waals surface area (Å²) in [5, 5.41) is 0. The maximum atomic E-state index is 13.1. The van der Waals surface area contributed by atoms with Gasteiger partial charge in [-0.1, -0.05) is 22.0 Å². The lowest BCUT2D eigenvalue weighted by Gasteiger charge is -2.17. The molecule has 0 amide bonds. The molecule has 2 aromatic rings. The molecule has 100 valence electrons. The molecular formula is C15H15BrFNO. The second kappa shape index (κ2) is 5.72. The fraction of sp³-hybridized carbons (Fsp3) is 0.200. The lowest BCUT2D eigenvalue weighted by atomic mass is 9.95. The Morgan fingerprint density at radius 1 is 1.16 bits per heavy atom. The van der Waals surface area contributed by atoms with E-state index in [1.165, 1.54) is 12.1 Å². The van der Waals surface area contributed by atoms with E-state index in [4.69, 9.17) is 10.5 Å². The van der Waals surface area contributed by atoms with E-state index >= 15 is 0 Å². The van der Waals surface area contributed by atoms with Crippen LogP contribution >= 0.6 is 15.9 Å². The number of methoxy groups -OCH3 is 1. The van der Waals surface area contributed by atoms with Crippen LogP contribution < -0.4 is 10.5 Å². The highest BCUT2D eigenvalue weighted by atomic mass is 79.9. The number of hydrogen-bond donors (Lipinski definition) is 1. The van der Waals surface area contributed by atoms with Crippen LogP contribution in [0.2, 0.25) is 0 Å². The van der Waals surface area contributed by atoms with Crippen molar-refractivity contribution in [1.29, 1.82) is 0 Å². The van der Waals surface area contributed by atoms with Gasteiger partial charge < -0.3 is 10.5 Å². The van der Waals surface area contributed by atoms with E-state index < -0.39 is 0 Å². The SMILES string of the molecule is COc1ccc(Br)c(C(N)c2ccc(F)cc2C)c1. The van der Waals surface area contributed by atoms with E-state index in [2.05, 4.69) is 15.9 Å². The summed E-state index contributed by atoms with van der Waals surface area (Å²) < 4.78 is 19.3. The zero-order valence-electron chi connectivity index (χ0n) is 10.8. The summed E-state index contributed by atoms with van der Waals surface area (Å²) in [6.07, 6.45) is 0. The Labute approximate surface area is 120 Å². The zero-order chi connectivity index (χ0) is 14.0. The molecule has 0 aromatic heterocycles. The Balaban J connectivity index is 2.46. The van der Waals surface area contributed by atoms with Gasteiger partial charge in [-0.25, -0.2) is 4.39 Å². The van der Waals surface area contributed by atoms with Crippen molar-refractivity contribution in [2.75, 3.05) is 7.11 Å². The Morgan fingerprint density at radius 3 is 2.53 bits per heavy atom. The predicted octanol–water partition coefficient (Wildman–Crippen LogP) is 3.95. The normalized spacial score (nSPS) is 12.3. The standard InChI is InChI=1S/C15H15BrFNO/c1-9-7-10(17)3-5-12(9)15(18)13-8-11(19-2)4-6-14(13)16/h3-8,15H,18H2,1-2H3. The molecule has 0 saturated carbocycles. The minimum Gasteiger partial charge on any atom is -0.497 e. The quantitative estimate of drug-likeness (QED) is 0.928. The number of benzene rings is 2. The zero-order valence-corrected chi connectivity index (χ0v) is 12.4. The first kappa shape index (κ1) is 14.0. The van der Waals surface area contributed by atoms with Gasteiger partial charge in [0.25, 0.3) is 0 Å². The van der Waals surface area contributed by atoms with Crippen molar-refractivity contribution in [3.8, 4) is 5.75 Å². The number of hydrogen-bond acceptors (Lipinski definition) is 2. The first-order valence-corrected chi connectivity index (χ1v) is 6.67. The van der Waals surface area contributed by atoms with Gasteiger partial charge in [-0.3, -0.25) is 0 Å². The molecule has 2 N–H and O–H groups in total. The van der Waals surface area contributed by atoms with E-state index in [0.29, 0.717) is 0 Å². The predicted molar refractivity (Wildman–Crippen MR) is 77.9 cm³/mol. The van der Waals surface area contributed by atoms with Gasteiger partial charge in [-0.2, -0.15) is 0 Å². The first-order chi connectivity index (χ1) is 9.02. The van der Waals surface area contributed by atoms with Crippen LogP contribution in [0.1, 0.15) is 22.7 Å². The fourth-order valence-electron chi connectivity index (χ4n) is 2.04. The van der Waals surface area contributed by atoms with Crippen LogP contribution in [0, 0.1) is 12.7 Å². The Morgan fingerprint density at radius 2 is 1.89 bits per heavy atom. The number of aryl methyl sites for hydroxylation is 1. The van der Waals surface area contributed by atoms with E-state index in [0.717, 1.165) is 26.9 Å². The summed E-state index contributed by atoms with van der Waals surface area (Å²) in [4.78, 5) is 0. The Hall–Kier alpha value is -1.39. The fourth-order valence-corrected chi connectivity index (χ4v) is 2.54. The average molecular weight is 324 g/mol. The summed E-state index contributed by atoms with van der Waals surface area (Å²) in [6, 6.07) is 9.95. The third-order valence-corrected chi connectivity index (χ3v) is 3.83. The second-order valence-electron chi connectivity index (χ2n) is 4.37. The number of halogens is 2. The number of nitrogens with two attached hydrogens (primary N) is 1. The summed E-state index contributed by atoms with van der Waals surface area (Å²) in [7, 11) is 1.61. The van der Waals surface area contributed by atoms with Crippen LogP contribution in [0.5, 0.6) is 5.75 Å². The van der Waals surface area contributed by atoms with E-state index in [1.54, 1.807) is 13.2 Å². The molecule has 1 unspecified atom stereocenters. The molecular weight excluding hydrogens is 309 g/mol. The molecule has 2 aromatic carbocycles. The first-order valence-electron chi connectivity index (χ1n) is 5.88. The highest BCUT2D eigenvalue weighted by Gasteiger charge is 2.15. The molecule has 0 radical (unpaired) electrons. The minimum atomic E-state index is -0.329. The van der Waals surface area contributed by atoms with Crippen molar-refractivity contribution in [1.82, 2.24) is 0 Å². The molecule has 0 spiro atoms. The van der Waals surface area contributed by atoms with Gasteiger partial charge in [-0.05, 0) is 53.9 Å². The van der Waals surface area contributed by atoms with Crippen molar-refractivity contribution in [2.45, 2.75) is 13.0 Å². The highest BCUT2D eigenvalue weighted by molar-refractivity contribution is 9.10. The van der Waals surface area contributed by atoms with Crippen molar-refractivity contribution in [3.05, 3.63) is 63.4 Å². The number of ether oxygens (including phenoxy) is 1. The summed E-state index contributed by atoms with van der Waals surface area (Å²) >= 11 is 3.49. The highest BCUT2D eigenvalue weighted by Crippen LogP contribution is 2.31. The van der Waals surface area contributed by atoms with Crippen LogP contribution in [0.15, 0.2) is 40.9 Å². The van der Waals surface area contributed by atoms with Crippen LogP contribution in [0.3, 0.4) is 0 Å². The van der Waals surface area contributed by atoms with Gasteiger partial charge in [0.2, 0.25) is 0 Å². The monoisotopic (exact) mass is 323 g/mol. The molecule has 0 aliphatic heterocycles. The summed E-state index contributed by atoms with van der Waals surface area (Å²) in [6.45, 7) is 1.85. The molecule has 1 atom stereocenters. The molecule has 19 heavy (non-hydrogen) atoms. The molecule has 0 aliphatic carbocycles. The van der Waals surface area contributed by atoms with Crippen molar-refractivity contribution < 1.29 is 9.13 Å². The van der Waals surface area contributed by atoms with Crippen molar-refractivity contribution in [3.63, 3.8) is 0 Å². The van der Waals surface area contributed by atoms with Gasteiger partial charge in [0.05, 0.1) is 13.2 Å². The average Bonchev–Trinajstić information content (AvgIpc) is 2.38. The van der Waals surface area contributed by atoms with E-state index in [-0.39, 0.29) is 11.9 Å². The second-order valence-corrected chi connectivity index (χ2v) is 5.22. The maximum absolute atomic E-state index is 13.1. The van der Waals surface area contributed by atoms with Crippen LogP contribution in [-0.2, 0) is 0 Å². The largest absolute Gasteiger partial charge is 0.497 e. The maximum Gasteiger partial charge on any atom is 0.123 e. The Kier molecular flexibility index (Phi) is 4.22. The third-order valence-electron chi connectivity index (χ3n) is 3.11. The number of rotatable bonds is 3. The van der Waals surface area contributed by atoms with Gasteiger partial charge >= 0.3 is 0 Å². The smallest absolute Gasteiger partial charge is 0.123 e. The van der Waals surface area contributed by atoms with Crippen molar-refractivity contribution in [2.24, 2.45) is 5.73 Å². The minimum absolute atomic E-state index is 0.252. The van der Waals surface area contributed by atoms with Gasteiger partial charge in [0, 0.05) is 4.47 Å². The molecule has 0 bridgehead atoms. The van der Waals surface area contributed by atoms with Crippen molar-refractivity contribution >= 4 is 15.9 Å². The molecule has 0 fully saturated rings. The van der Waals surface area contributed by atoms with E-state index in [1.807, 2.05) is 25.1 Å². The molecule has 2 rings (SSSR count). The molecule has 0 heterocycles. The van der Waals surface area contributed by atoms with Crippen LogP contribution in [0.25, 0.3) is 0 Å². The summed E-state index contributed by atoms with van der Waals surface area (Å²) in [5.74, 6) is 0.492. The van der Waals surface area contributed by atoms with Gasteiger partial charge in [-0.15, -0.1) is 0 Å². The van der Waals surface area contributed by atoms with Gasteiger partial charge in [0.15, 0.2) is 0 Å². The Bertz CT molecular complexity index is 601. The molecule has 4 heteroatoms. The van der Waals surface area contributed by atoms with Gasteiger partial charge in [0.1, 0.15) is 11.6 Å².